The number of aromatic nitrogens is 3. The predicted molar refractivity (Wildman–Crippen MR) is 149 cm³/mol. The van der Waals surface area contributed by atoms with Crippen LogP contribution in [0.15, 0.2) is 73.1 Å². The van der Waals surface area contributed by atoms with Crippen molar-refractivity contribution in [3.8, 4) is 22.4 Å². The third kappa shape index (κ3) is 3.71. The van der Waals surface area contributed by atoms with Crippen LogP contribution in [0.25, 0.3) is 44.3 Å². The number of hydrogen-bond donors (Lipinski definition) is 2. The number of pyridine rings is 2. The highest BCUT2D eigenvalue weighted by atomic mass is 16.3. The monoisotopic (exact) mass is 489 g/mol. The zero-order valence-corrected chi connectivity index (χ0v) is 21.1. The van der Waals surface area contributed by atoms with Crippen molar-refractivity contribution < 1.29 is 5.11 Å². The van der Waals surface area contributed by atoms with Gasteiger partial charge in [-0.3, -0.25) is 0 Å². The summed E-state index contributed by atoms with van der Waals surface area (Å²) in [5.74, 6) is 0. The maximum Gasteiger partial charge on any atom is 0.142 e. The summed E-state index contributed by atoms with van der Waals surface area (Å²) in [6.07, 6.45) is 6.69. The Hall–Kier alpha value is -3.74. The van der Waals surface area contributed by atoms with Gasteiger partial charge >= 0.3 is 0 Å². The molecule has 7 rings (SSSR count). The van der Waals surface area contributed by atoms with Crippen molar-refractivity contribution in [2.24, 2.45) is 0 Å². The third-order valence-electron chi connectivity index (χ3n) is 8.31. The van der Waals surface area contributed by atoms with E-state index in [1.807, 2.05) is 24.3 Å². The van der Waals surface area contributed by atoms with Crippen LogP contribution in [-0.4, -0.2) is 49.8 Å². The number of nitrogen functional groups attached to an aromatic ring is 1. The smallest absolute Gasteiger partial charge is 0.142 e. The van der Waals surface area contributed by atoms with Gasteiger partial charge < -0.3 is 20.3 Å². The highest BCUT2D eigenvalue weighted by Gasteiger charge is 2.45. The normalized spacial score (nSPS) is 21.7. The summed E-state index contributed by atoms with van der Waals surface area (Å²) in [5, 5.41) is 13.2. The van der Waals surface area contributed by atoms with Crippen LogP contribution in [0.5, 0.6) is 0 Å². The summed E-state index contributed by atoms with van der Waals surface area (Å²) < 4.78 is 2.24. The molecular formula is C31H31N5O. The highest BCUT2D eigenvalue weighted by Crippen LogP contribution is 2.46. The Morgan fingerprint density at radius 3 is 2.54 bits per heavy atom. The Bertz CT molecular complexity index is 1630. The summed E-state index contributed by atoms with van der Waals surface area (Å²) in [6, 6.07) is 20.9. The quantitative estimate of drug-likeness (QED) is 0.337. The van der Waals surface area contributed by atoms with Gasteiger partial charge in [0.25, 0.3) is 0 Å². The van der Waals surface area contributed by atoms with E-state index in [2.05, 4.69) is 59.0 Å². The highest BCUT2D eigenvalue weighted by molar-refractivity contribution is 6.04. The number of aryl methyl sites for hydroxylation is 1. The Kier molecular flexibility index (Phi) is 5.10. The molecule has 37 heavy (non-hydrogen) atoms. The van der Waals surface area contributed by atoms with Gasteiger partial charge in [0.05, 0.1) is 16.8 Å². The lowest BCUT2D eigenvalue weighted by Gasteiger charge is -2.48. The average Bonchev–Trinajstić information content (AvgIpc) is 3.26. The Labute approximate surface area is 216 Å². The van der Waals surface area contributed by atoms with Crippen molar-refractivity contribution >= 4 is 27.6 Å². The SMILES string of the molecule is Cc1c(-c2cn(C3CC(O)(CN4CCC4)C3)c3nccc(N)c23)ccc2ccc(-c3ccccc3)nc12. The zero-order valence-electron chi connectivity index (χ0n) is 21.1. The minimum Gasteiger partial charge on any atom is -0.398 e. The number of fused-ring (bicyclic) bond motifs is 2. The number of aliphatic hydroxyl groups is 1. The second-order valence-corrected chi connectivity index (χ2v) is 10.8. The summed E-state index contributed by atoms with van der Waals surface area (Å²) in [7, 11) is 0. The van der Waals surface area contributed by atoms with Crippen molar-refractivity contribution in [2.45, 2.75) is 37.8 Å². The molecule has 186 valence electrons. The third-order valence-corrected chi connectivity index (χ3v) is 8.31. The standard InChI is InChI=1S/C31H31N5O/c1-20-24(10-8-22-9-11-27(34-29(20)22)21-6-3-2-4-7-21)25-18-36(30-28(25)26(32)12-13-33-30)23-16-31(37,17-23)19-35-14-5-15-35/h2-4,6-13,18,23,37H,5,14-17,19H2,1H3,(H2,32,33). The van der Waals surface area contributed by atoms with E-state index in [1.54, 1.807) is 6.20 Å². The lowest BCUT2D eigenvalue weighted by atomic mass is 9.74. The largest absolute Gasteiger partial charge is 0.398 e. The second kappa shape index (κ2) is 8.40. The number of hydrogen-bond acceptors (Lipinski definition) is 5. The molecule has 1 aliphatic heterocycles. The van der Waals surface area contributed by atoms with E-state index in [0.29, 0.717) is 0 Å². The molecule has 0 amide bonds. The van der Waals surface area contributed by atoms with Gasteiger partial charge in [-0.1, -0.05) is 48.5 Å². The molecule has 0 atom stereocenters. The first-order valence-electron chi connectivity index (χ1n) is 13.1. The number of nitrogens with two attached hydrogens (primary N) is 1. The Balaban J connectivity index is 1.31. The average molecular weight is 490 g/mol. The molecule has 0 bridgehead atoms. The van der Waals surface area contributed by atoms with Gasteiger partial charge in [-0.25, -0.2) is 9.97 Å². The molecule has 2 fully saturated rings. The van der Waals surface area contributed by atoms with Crippen LogP contribution in [0.4, 0.5) is 5.69 Å². The predicted octanol–water partition coefficient (Wildman–Crippen LogP) is 5.58. The van der Waals surface area contributed by atoms with Gasteiger partial charge in [0.15, 0.2) is 0 Å². The van der Waals surface area contributed by atoms with Crippen LogP contribution >= 0.6 is 0 Å². The van der Waals surface area contributed by atoms with Crippen LogP contribution in [0, 0.1) is 6.92 Å². The van der Waals surface area contributed by atoms with Crippen molar-refractivity contribution in [2.75, 3.05) is 25.4 Å². The summed E-state index contributed by atoms with van der Waals surface area (Å²) in [4.78, 5) is 12.2. The molecule has 0 unspecified atom stereocenters. The molecule has 5 aromatic rings. The number of rotatable bonds is 5. The van der Waals surface area contributed by atoms with E-state index in [1.165, 1.54) is 6.42 Å². The molecule has 6 nitrogen and oxygen atoms in total. The van der Waals surface area contributed by atoms with Crippen LogP contribution < -0.4 is 5.73 Å². The topological polar surface area (TPSA) is 80.2 Å². The summed E-state index contributed by atoms with van der Waals surface area (Å²) >= 11 is 0. The molecule has 0 spiro atoms. The Morgan fingerprint density at radius 1 is 1.00 bits per heavy atom. The molecule has 2 aliphatic rings. The maximum atomic E-state index is 11.1. The van der Waals surface area contributed by atoms with Crippen LogP contribution in [-0.2, 0) is 0 Å². The van der Waals surface area contributed by atoms with Gasteiger partial charge in [-0.2, -0.15) is 0 Å². The van der Waals surface area contributed by atoms with E-state index in [-0.39, 0.29) is 6.04 Å². The molecule has 6 heteroatoms. The number of likely N-dealkylation sites (tertiary alicyclic amines) is 1. The van der Waals surface area contributed by atoms with Crippen molar-refractivity contribution in [3.63, 3.8) is 0 Å². The molecule has 2 aromatic carbocycles. The lowest BCUT2D eigenvalue weighted by molar-refractivity contribution is -0.0956. The van der Waals surface area contributed by atoms with E-state index < -0.39 is 5.60 Å². The van der Waals surface area contributed by atoms with E-state index in [9.17, 15) is 5.11 Å². The summed E-state index contributed by atoms with van der Waals surface area (Å²) in [6.45, 7) is 5.11. The maximum absolute atomic E-state index is 11.1. The number of benzene rings is 2. The summed E-state index contributed by atoms with van der Waals surface area (Å²) in [5.41, 5.74) is 13.9. The van der Waals surface area contributed by atoms with Crippen LogP contribution in [0.3, 0.4) is 0 Å². The fourth-order valence-corrected chi connectivity index (χ4v) is 6.18. The number of anilines is 1. The first-order chi connectivity index (χ1) is 18.0. The fourth-order valence-electron chi connectivity index (χ4n) is 6.18. The van der Waals surface area contributed by atoms with E-state index >= 15 is 0 Å². The van der Waals surface area contributed by atoms with Crippen molar-refractivity contribution in [3.05, 3.63) is 78.6 Å². The van der Waals surface area contributed by atoms with Crippen molar-refractivity contribution in [1.29, 1.82) is 0 Å². The van der Waals surface area contributed by atoms with E-state index in [0.717, 1.165) is 88.0 Å². The molecule has 0 radical (unpaired) electrons. The number of nitrogens with zero attached hydrogens (tertiary/aromatic N) is 4. The molecule has 1 saturated carbocycles. The van der Waals surface area contributed by atoms with Gasteiger partial charge in [0, 0.05) is 52.6 Å². The van der Waals surface area contributed by atoms with Crippen molar-refractivity contribution in [1.82, 2.24) is 19.4 Å². The first-order valence-corrected chi connectivity index (χ1v) is 13.1. The molecular weight excluding hydrogens is 458 g/mol. The van der Waals surface area contributed by atoms with Gasteiger partial charge in [-0.05, 0) is 62.5 Å². The lowest BCUT2D eigenvalue weighted by Crippen LogP contribution is -2.55. The molecule has 3 N–H and O–H groups in total. The van der Waals surface area contributed by atoms with Gasteiger partial charge in [-0.15, -0.1) is 0 Å². The minimum absolute atomic E-state index is 0.209. The molecule has 1 aliphatic carbocycles. The first kappa shape index (κ1) is 22.5. The molecule has 1 saturated heterocycles. The molecule has 4 heterocycles. The minimum atomic E-state index is -0.612. The van der Waals surface area contributed by atoms with Gasteiger partial charge in [0.2, 0.25) is 0 Å². The zero-order chi connectivity index (χ0) is 25.1. The van der Waals surface area contributed by atoms with Crippen LogP contribution in [0.2, 0.25) is 0 Å². The Morgan fingerprint density at radius 2 is 1.78 bits per heavy atom. The second-order valence-electron chi connectivity index (χ2n) is 10.8. The van der Waals surface area contributed by atoms with E-state index in [4.69, 9.17) is 15.7 Å². The van der Waals surface area contributed by atoms with Crippen LogP contribution in [0.1, 0.15) is 30.9 Å². The van der Waals surface area contributed by atoms with Gasteiger partial charge in [0.1, 0.15) is 5.65 Å². The number of β-amino-alcohol motifs (C(OH)–C–C–N with tert-alkyl or cyclic N) is 1. The fraction of sp³-hybridized carbons (Fsp3) is 0.290. The molecule has 3 aromatic heterocycles.